The quantitative estimate of drug-likeness (QED) is 0.863. The van der Waals surface area contributed by atoms with Crippen molar-refractivity contribution in [3.05, 3.63) is 34.3 Å². The van der Waals surface area contributed by atoms with Gasteiger partial charge < -0.3 is 5.32 Å². The second kappa shape index (κ2) is 5.54. The second-order valence-corrected chi connectivity index (χ2v) is 5.50. The highest BCUT2D eigenvalue weighted by molar-refractivity contribution is 9.10. The lowest BCUT2D eigenvalue weighted by molar-refractivity contribution is -0.132. The van der Waals surface area contributed by atoms with E-state index in [9.17, 15) is 9.59 Å². The number of rotatable bonds is 4. The van der Waals surface area contributed by atoms with E-state index in [1.165, 1.54) is 7.05 Å². The maximum absolute atomic E-state index is 12.1. The van der Waals surface area contributed by atoms with Crippen molar-refractivity contribution in [2.45, 2.75) is 12.3 Å². The number of nitrogens with zero attached hydrogens (tertiary/aromatic N) is 1. The van der Waals surface area contributed by atoms with Gasteiger partial charge in [-0.05, 0) is 30.0 Å². The molecule has 0 unspecified atom stereocenters. The monoisotopic (exact) mass is 320 g/mol. The van der Waals surface area contributed by atoms with Crippen LogP contribution in [0.15, 0.2) is 28.7 Å². The number of halogens is 1. The zero-order valence-corrected chi connectivity index (χ0v) is 12.0. The van der Waals surface area contributed by atoms with Gasteiger partial charge >= 0.3 is 0 Å². The Balaban J connectivity index is 2.09. The first-order valence-corrected chi connectivity index (χ1v) is 6.78. The minimum atomic E-state index is -1.19. The van der Waals surface area contributed by atoms with Crippen molar-refractivity contribution < 1.29 is 9.59 Å². The molecule has 1 aliphatic rings. The molecule has 0 saturated heterocycles. The van der Waals surface area contributed by atoms with E-state index in [0.29, 0.717) is 6.42 Å². The van der Waals surface area contributed by atoms with E-state index < -0.39 is 11.8 Å². The summed E-state index contributed by atoms with van der Waals surface area (Å²) in [5, 5.41) is 11.3. The summed E-state index contributed by atoms with van der Waals surface area (Å²) in [7, 11) is 1.43. The third-order valence-electron chi connectivity index (χ3n) is 3.35. The summed E-state index contributed by atoms with van der Waals surface area (Å²) < 4.78 is 0.964. The standard InChI is InChI=1S/C14H13BrN2O2/c1-17-14(19)12(7-16)13(18)11-6-10(11)8-3-2-4-9(15)5-8/h2-5,10-12H,6H2,1H3,(H,17,19)/t10-,11+,12-/m1/s1. The summed E-state index contributed by atoms with van der Waals surface area (Å²) in [6.45, 7) is 0. The van der Waals surface area contributed by atoms with Gasteiger partial charge in [0.2, 0.25) is 5.91 Å². The van der Waals surface area contributed by atoms with Crippen LogP contribution in [0, 0.1) is 23.2 Å². The van der Waals surface area contributed by atoms with E-state index >= 15 is 0 Å². The van der Waals surface area contributed by atoms with Crippen molar-refractivity contribution in [2.75, 3.05) is 7.05 Å². The minimum absolute atomic E-state index is 0.130. The number of nitriles is 1. The molecule has 0 aromatic heterocycles. The molecule has 0 spiro atoms. The van der Waals surface area contributed by atoms with Crippen molar-refractivity contribution in [3.8, 4) is 6.07 Å². The molecule has 98 valence electrons. The molecule has 0 heterocycles. The topological polar surface area (TPSA) is 70.0 Å². The van der Waals surface area contributed by atoms with E-state index in [1.54, 1.807) is 6.07 Å². The predicted octanol–water partition coefficient (Wildman–Crippen LogP) is 2.01. The third kappa shape index (κ3) is 2.85. The first-order chi connectivity index (χ1) is 9.08. The van der Waals surface area contributed by atoms with Gasteiger partial charge in [-0.2, -0.15) is 5.26 Å². The van der Waals surface area contributed by atoms with Crippen LogP contribution < -0.4 is 5.32 Å². The molecular weight excluding hydrogens is 308 g/mol. The highest BCUT2D eigenvalue weighted by Crippen LogP contribution is 2.49. The number of hydrogen-bond acceptors (Lipinski definition) is 3. The number of nitrogens with one attached hydrogen (secondary N) is 1. The van der Waals surface area contributed by atoms with Crippen LogP contribution in [0.1, 0.15) is 17.9 Å². The fraction of sp³-hybridized carbons (Fsp3) is 0.357. The van der Waals surface area contributed by atoms with Gasteiger partial charge in [0.25, 0.3) is 0 Å². The van der Waals surface area contributed by atoms with Crippen molar-refractivity contribution >= 4 is 27.6 Å². The van der Waals surface area contributed by atoms with Crippen LogP contribution in [0.25, 0.3) is 0 Å². The van der Waals surface area contributed by atoms with Crippen molar-refractivity contribution in [2.24, 2.45) is 11.8 Å². The van der Waals surface area contributed by atoms with Gasteiger partial charge in [0, 0.05) is 17.4 Å². The lowest BCUT2D eigenvalue weighted by Gasteiger charge is -2.06. The summed E-state index contributed by atoms with van der Waals surface area (Å²) in [4.78, 5) is 23.6. The number of carbonyl (C=O) groups excluding carboxylic acids is 2. The molecule has 1 N–H and O–H groups in total. The SMILES string of the molecule is CNC(=O)[C@H](C#N)C(=O)[C@H]1C[C@@H]1c1cccc(Br)c1. The molecule has 5 heteroatoms. The van der Waals surface area contributed by atoms with Crippen LogP contribution in [-0.4, -0.2) is 18.7 Å². The van der Waals surface area contributed by atoms with Crippen LogP contribution in [0.4, 0.5) is 0 Å². The summed E-state index contributed by atoms with van der Waals surface area (Å²) in [6, 6.07) is 9.56. The van der Waals surface area contributed by atoms with Crippen LogP contribution in [0.3, 0.4) is 0 Å². The molecular formula is C14H13BrN2O2. The normalized spacial score (nSPS) is 22.2. The maximum Gasteiger partial charge on any atom is 0.244 e. The molecule has 2 rings (SSSR count). The average Bonchev–Trinajstić information content (AvgIpc) is 3.19. The van der Waals surface area contributed by atoms with Crippen LogP contribution in [0.5, 0.6) is 0 Å². The van der Waals surface area contributed by atoms with Crippen LogP contribution >= 0.6 is 15.9 Å². The Kier molecular flexibility index (Phi) is 4.01. The first-order valence-electron chi connectivity index (χ1n) is 5.99. The summed E-state index contributed by atoms with van der Waals surface area (Å²) in [5.41, 5.74) is 1.07. The van der Waals surface area contributed by atoms with Crippen LogP contribution in [-0.2, 0) is 9.59 Å². The molecule has 1 aliphatic carbocycles. The van der Waals surface area contributed by atoms with Gasteiger partial charge in [-0.15, -0.1) is 0 Å². The molecule has 0 aliphatic heterocycles. The number of Topliss-reactive ketones (excluding diaryl/α,β-unsaturated/α-hetero) is 1. The van der Waals surface area contributed by atoms with Crippen molar-refractivity contribution in [1.82, 2.24) is 5.32 Å². The van der Waals surface area contributed by atoms with E-state index in [4.69, 9.17) is 5.26 Å². The molecule has 19 heavy (non-hydrogen) atoms. The highest BCUT2D eigenvalue weighted by Gasteiger charge is 2.47. The smallest absolute Gasteiger partial charge is 0.244 e. The molecule has 0 radical (unpaired) electrons. The number of benzene rings is 1. The largest absolute Gasteiger partial charge is 0.358 e. The number of carbonyl (C=O) groups is 2. The Morgan fingerprint density at radius 2 is 2.26 bits per heavy atom. The molecule has 1 fully saturated rings. The van der Waals surface area contributed by atoms with Gasteiger partial charge in [0.15, 0.2) is 11.7 Å². The molecule has 1 amide bonds. The van der Waals surface area contributed by atoms with Gasteiger partial charge in [0.05, 0.1) is 6.07 Å². The molecule has 1 aromatic carbocycles. The Morgan fingerprint density at radius 3 is 2.84 bits per heavy atom. The van der Waals surface area contributed by atoms with Crippen molar-refractivity contribution in [1.29, 1.82) is 5.26 Å². The Labute approximate surface area is 119 Å². The van der Waals surface area contributed by atoms with Gasteiger partial charge in [-0.1, -0.05) is 28.1 Å². The molecule has 0 bridgehead atoms. The summed E-state index contributed by atoms with van der Waals surface area (Å²) >= 11 is 3.39. The summed E-state index contributed by atoms with van der Waals surface area (Å²) in [5.74, 6) is -2.06. The maximum atomic E-state index is 12.1. The molecule has 3 atom stereocenters. The zero-order valence-electron chi connectivity index (χ0n) is 10.4. The van der Waals surface area contributed by atoms with Gasteiger partial charge in [0.1, 0.15) is 0 Å². The number of hydrogen-bond donors (Lipinski definition) is 1. The van der Waals surface area contributed by atoms with Gasteiger partial charge in [-0.3, -0.25) is 9.59 Å². The van der Waals surface area contributed by atoms with Crippen molar-refractivity contribution in [3.63, 3.8) is 0 Å². The molecule has 1 aromatic rings. The predicted molar refractivity (Wildman–Crippen MR) is 73.2 cm³/mol. The Bertz CT molecular complexity index is 565. The summed E-state index contributed by atoms with van der Waals surface area (Å²) in [6.07, 6.45) is 0.713. The fourth-order valence-electron chi connectivity index (χ4n) is 2.22. The first kappa shape index (κ1) is 13.8. The lowest BCUT2D eigenvalue weighted by Crippen LogP contribution is -2.33. The number of ketones is 1. The van der Waals surface area contributed by atoms with E-state index in [2.05, 4.69) is 21.2 Å². The third-order valence-corrected chi connectivity index (χ3v) is 3.85. The second-order valence-electron chi connectivity index (χ2n) is 4.58. The van der Waals surface area contributed by atoms with Gasteiger partial charge in [-0.25, -0.2) is 0 Å². The zero-order chi connectivity index (χ0) is 14.0. The average molecular weight is 321 g/mol. The fourth-order valence-corrected chi connectivity index (χ4v) is 2.64. The van der Waals surface area contributed by atoms with Crippen LogP contribution in [0.2, 0.25) is 0 Å². The van der Waals surface area contributed by atoms with E-state index in [1.807, 2.05) is 24.3 Å². The highest BCUT2D eigenvalue weighted by atomic mass is 79.9. The minimum Gasteiger partial charge on any atom is -0.358 e. The van der Waals surface area contributed by atoms with E-state index in [-0.39, 0.29) is 17.6 Å². The lowest BCUT2D eigenvalue weighted by atomic mass is 9.98. The number of amides is 1. The molecule has 1 saturated carbocycles. The molecule has 4 nitrogen and oxygen atoms in total. The van der Waals surface area contributed by atoms with E-state index in [0.717, 1.165) is 10.0 Å². The Hall–Kier alpha value is -1.67. The Morgan fingerprint density at radius 1 is 1.53 bits per heavy atom.